The first-order valence-electron chi connectivity index (χ1n) is 6.36. The van der Waals surface area contributed by atoms with Gasteiger partial charge in [-0.05, 0) is 37.1 Å². The Balaban J connectivity index is 2.32. The van der Waals surface area contributed by atoms with Crippen LogP contribution in [0.2, 0.25) is 0 Å². The van der Waals surface area contributed by atoms with E-state index in [9.17, 15) is 10.2 Å². The van der Waals surface area contributed by atoms with Crippen LogP contribution in [-0.4, -0.2) is 17.3 Å². The molecule has 2 aromatic carbocycles. The molecule has 3 nitrogen and oxygen atoms in total. The van der Waals surface area contributed by atoms with Crippen LogP contribution in [-0.2, 0) is 0 Å². The van der Waals surface area contributed by atoms with Crippen LogP contribution in [0.4, 0.5) is 0 Å². The van der Waals surface area contributed by atoms with Gasteiger partial charge >= 0.3 is 0 Å². The van der Waals surface area contributed by atoms with Crippen molar-refractivity contribution < 1.29 is 14.9 Å². The van der Waals surface area contributed by atoms with Crippen LogP contribution in [0.3, 0.4) is 0 Å². The molecule has 0 saturated heterocycles. The lowest BCUT2D eigenvalue weighted by Crippen LogP contribution is -1.85. The molecule has 2 rings (SSSR count). The van der Waals surface area contributed by atoms with Crippen molar-refractivity contribution in [1.82, 2.24) is 0 Å². The summed E-state index contributed by atoms with van der Waals surface area (Å²) in [5.74, 6) is -0.0614. The first kappa shape index (κ1) is 14.0. The van der Waals surface area contributed by atoms with E-state index >= 15 is 0 Å². The summed E-state index contributed by atoms with van der Waals surface area (Å²) in [4.78, 5) is 0. The van der Waals surface area contributed by atoms with Crippen LogP contribution in [0.25, 0.3) is 12.2 Å². The zero-order valence-electron chi connectivity index (χ0n) is 11.8. The number of hydrogen-bond acceptors (Lipinski definition) is 3. The summed E-state index contributed by atoms with van der Waals surface area (Å²) in [6.45, 7) is 4.10. The third kappa shape index (κ3) is 3.12. The van der Waals surface area contributed by atoms with Gasteiger partial charge in [-0.2, -0.15) is 0 Å². The molecule has 0 heterocycles. The molecule has 0 aliphatic heterocycles. The molecule has 2 N–H and O–H groups in total. The second-order valence-electron chi connectivity index (χ2n) is 4.85. The van der Waals surface area contributed by atoms with E-state index < -0.39 is 0 Å². The Kier molecular flexibility index (Phi) is 3.99. The minimum atomic E-state index is -0.0763. The molecule has 20 heavy (non-hydrogen) atoms. The highest BCUT2D eigenvalue weighted by atomic mass is 16.5. The van der Waals surface area contributed by atoms with Crippen LogP contribution in [0.15, 0.2) is 30.3 Å². The van der Waals surface area contributed by atoms with Gasteiger partial charge in [-0.15, -0.1) is 0 Å². The van der Waals surface area contributed by atoms with Gasteiger partial charge in [0.1, 0.15) is 0 Å². The topological polar surface area (TPSA) is 49.7 Å². The number of benzene rings is 2. The van der Waals surface area contributed by atoms with Gasteiger partial charge < -0.3 is 14.9 Å². The van der Waals surface area contributed by atoms with Gasteiger partial charge in [0, 0.05) is 0 Å². The molecule has 104 valence electrons. The van der Waals surface area contributed by atoms with Crippen molar-refractivity contribution in [3.63, 3.8) is 0 Å². The van der Waals surface area contributed by atoms with E-state index in [1.54, 1.807) is 12.1 Å². The second kappa shape index (κ2) is 5.70. The molecule has 0 aliphatic carbocycles. The summed E-state index contributed by atoms with van der Waals surface area (Å²) in [7, 11) is 1.40. The third-order valence-electron chi connectivity index (χ3n) is 2.99. The third-order valence-corrected chi connectivity index (χ3v) is 2.99. The largest absolute Gasteiger partial charge is 0.504 e. The molecule has 3 heteroatoms. The van der Waals surface area contributed by atoms with Gasteiger partial charge in [-0.25, -0.2) is 0 Å². The van der Waals surface area contributed by atoms with Crippen molar-refractivity contribution in [2.45, 2.75) is 13.8 Å². The van der Waals surface area contributed by atoms with Crippen molar-refractivity contribution in [2.75, 3.05) is 7.11 Å². The molecule has 0 aromatic heterocycles. The average molecular weight is 270 g/mol. The van der Waals surface area contributed by atoms with Gasteiger partial charge in [0.15, 0.2) is 11.5 Å². The van der Waals surface area contributed by atoms with Crippen LogP contribution < -0.4 is 4.74 Å². The monoisotopic (exact) mass is 270 g/mol. The molecule has 0 saturated carbocycles. The Hall–Kier alpha value is -2.42. The van der Waals surface area contributed by atoms with Crippen molar-refractivity contribution >= 4 is 12.2 Å². The number of aromatic hydroxyl groups is 2. The maximum absolute atomic E-state index is 9.74. The molecule has 0 unspecified atom stereocenters. The summed E-state index contributed by atoms with van der Waals surface area (Å²) in [6, 6.07) is 9.37. The molecule has 0 fully saturated rings. The molecule has 0 aliphatic rings. The minimum absolute atomic E-state index is 0.0763. The molecule has 0 atom stereocenters. The van der Waals surface area contributed by atoms with Gasteiger partial charge in [0.2, 0.25) is 5.75 Å². The molecule has 0 spiro atoms. The highest BCUT2D eigenvalue weighted by molar-refractivity contribution is 5.72. The summed E-state index contributed by atoms with van der Waals surface area (Å²) >= 11 is 0. The van der Waals surface area contributed by atoms with Gasteiger partial charge in [0.05, 0.1) is 7.11 Å². The lowest BCUT2D eigenvalue weighted by atomic mass is 10.1. The zero-order chi connectivity index (χ0) is 14.7. The Labute approximate surface area is 118 Å². The van der Waals surface area contributed by atoms with E-state index in [2.05, 4.69) is 32.0 Å². The van der Waals surface area contributed by atoms with Crippen molar-refractivity contribution in [3.05, 3.63) is 52.6 Å². The molecule has 0 bridgehead atoms. The summed E-state index contributed by atoms with van der Waals surface area (Å²) in [5, 5.41) is 19.5. The Morgan fingerprint density at radius 3 is 1.70 bits per heavy atom. The van der Waals surface area contributed by atoms with Crippen molar-refractivity contribution in [1.29, 1.82) is 0 Å². The average Bonchev–Trinajstić information content (AvgIpc) is 2.35. The quantitative estimate of drug-likeness (QED) is 0.832. The Morgan fingerprint density at radius 1 is 0.800 bits per heavy atom. The van der Waals surface area contributed by atoms with Crippen LogP contribution in [0, 0.1) is 13.8 Å². The van der Waals surface area contributed by atoms with Crippen LogP contribution >= 0.6 is 0 Å². The van der Waals surface area contributed by atoms with Crippen molar-refractivity contribution in [3.8, 4) is 17.2 Å². The number of aryl methyl sites for hydroxylation is 2. The highest BCUT2D eigenvalue weighted by Gasteiger charge is 2.08. The van der Waals surface area contributed by atoms with E-state index in [4.69, 9.17) is 4.74 Å². The van der Waals surface area contributed by atoms with E-state index in [-0.39, 0.29) is 17.2 Å². The van der Waals surface area contributed by atoms with Crippen LogP contribution in [0.1, 0.15) is 22.3 Å². The normalized spacial score (nSPS) is 10.9. The van der Waals surface area contributed by atoms with E-state index in [1.165, 1.54) is 18.2 Å². The number of ether oxygens (including phenoxy) is 1. The van der Waals surface area contributed by atoms with Crippen molar-refractivity contribution in [2.24, 2.45) is 0 Å². The lowest BCUT2D eigenvalue weighted by molar-refractivity contribution is 0.344. The smallest absolute Gasteiger partial charge is 0.202 e. The van der Waals surface area contributed by atoms with E-state index in [0.29, 0.717) is 5.56 Å². The first-order chi connectivity index (χ1) is 9.49. The highest BCUT2D eigenvalue weighted by Crippen LogP contribution is 2.36. The fourth-order valence-electron chi connectivity index (χ4n) is 2.22. The van der Waals surface area contributed by atoms with E-state index in [1.807, 2.05) is 12.2 Å². The maximum Gasteiger partial charge on any atom is 0.202 e. The summed E-state index contributed by atoms with van der Waals surface area (Å²) in [6.07, 6.45) is 3.79. The number of hydrogen-bond donors (Lipinski definition) is 2. The fraction of sp³-hybridized carbons (Fsp3) is 0.176. The predicted octanol–water partition coefficient (Wildman–Crippen LogP) is 3.89. The first-order valence-corrected chi connectivity index (χ1v) is 6.36. The number of phenolic OH excluding ortho intramolecular Hbond substituents is 2. The summed E-state index contributed by atoms with van der Waals surface area (Å²) in [5.41, 5.74) is 4.19. The minimum Gasteiger partial charge on any atom is -0.504 e. The molecular formula is C17H18O3. The Bertz CT molecular complexity index is 614. The standard InChI is InChI=1S/C17H18O3/c1-11-6-12(2)8-13(7-11)4-5-14-9-15(18)17(20-3)16(19)10-14/h4-10,18-19H,1-3H3. The zero-order valence-corrected chi connectivity index (χ0v) is 11.8. The number of phenols is 2. The SMILES string of the molecule is COc1c(O)cc(C=Cc2cc(C)cc(C)c2)cc1O. The van der Waals surface area contributed by atoms with Crippen LogP contribution in [0.5, 0.6) is 17.2 Å². The number of methoxy groups -OCH3 is 1. The second-order valence-corrected chi connectivity index (χ2v) is 4.85. The fourth-order valence-corrected chi connectivity index (χ4v) is 2.22. The van der Waals surface area contributed by atoms with Gasteiger partial charge in [-0.1, -0.05) is 41.5 Å². The van der Waals surface area contributed by atoms with Gasteiger partial charge in [0.25, 0.3) is 0 Å². The molecule has 0 radical (unpaired) electrons. The predicted molar refractivity (Wildman–Crippen MR) is 81.2 cm³/mol. The molecular weight excluding hydrogens is 252 g/mol. The van der Waals surface area contributed by atoms with Gasteiger partial charge in [-0.3, -0.25) is 0 Å². The summed E-state index contributed by atoms with van der Waals surface area (Å²) < 4.78 is 4.90. The molecule has 2 aromatic rings. The number of rotatable bonds is 3. The van der Waals surface area contributed by atoms with E-state index in [0.717, 1.165) is 5.56 Å². The molecule has 0 amide bonds. The lowest BCUT2D eigenvalue weighted by Gasteiger charge is -2.06. The maximum atomic E-state index is 9.74. The Morgan fingerprint density at radius 2 is 1.25 bits per heavy atom.